The van der Waals surface area contributed by atoms with E-state index >= 15 is 0 Å². The Hall–Kier alpha value is -2.70. The summed E-state index contributed by atoms with van der Waals surface area (Å²) in [6.07, 6.45) is 1.70. The first-order valence-electron chi connectivity index (χ1n) is 10.7. The van der Waals surface area contributed by atoms with Gasteiger partial charge in [-0.2, -0.15) is 0 Å². The molecular formula is C24H22ClN3O3. The molecule has 0 radical (unpaired) electrons. The van der Waals surface area contributed by atoms with E-state index < -0.39 is 17.4 Å². The molecule has 4 atom stereocenters. The third-order valence-corrected chi connectivity index (χ3v) is 8.11. The van der Waals surface area contributed by atoms with Crippen LogP contribution in [0.4, 0.5) is 11.4 Å². The summed E-state index contributed by atoms with van der Waals surface area (Å²) in [6.45, 7) is 4.69. The van der Waals surface area contributed by atoms with Crippen LogP contribution in [0.15, 0.2) is 36.4 Å². The van der Waals surface area contributed by atoms with Crippen molar-refractivity contribution in [3.8, 4) is 0 Å². The quantitative estimate of drug-likeness (QED) is 0.697. The van der Waals surface area contributed by atoms with Gasteiger partial charge in [-0.05, 0) is 56.5 Å². The van der Waals surface area contributed by atoms with Gasteiger partial charge in [-0.25, -0.2) is 4.90 Å². The minimum atomic E-state index is -1.15. The lowest BCUT2D eigenvalue weighted by Gasteiger charge is -2.36. The molecule has 0 aliphatic carbocycles. The third-order valence-electron chi connectivity index (χ3n) is 7.79. The van der Waals surface area contributed by atoms with Crippen LogP contribution in [0.25, 0.3) is 0 Å². The number of hydrogen-bond donors (Lipinski definition) is 1. The minimum Gasteiger partial charge on any atom is -0.324 e. The summed E-state index contributed by atoms with van der Waals surface area (Å²) in [5, 5.41) is 3.43. The number of hydrogen-bond acceptors (Lipinski definition) is 4. The van der Waals surface area contributed by atoms with Crippen molar-refractivity contribution >= 4 is 40.7 Å². The molecule has 0 bridgehead atoms. The SMILES string of the molecule is Cc1ccc2c(c1C)NC(=O)[C@@]21[C@@H]2C(=O)N(c3ccccc3Cl)C(=O)[C@H]2[C@@H]2CCCN21. The van der Waals surface area contributed by atoms with Gasteiger partial charge in [0, 0.05) is 17.3 Å². The summed E-state index contributed by atoms with van der Waals surface area (Å²) in [4.78, 5) is 44.6. The van der Waals surface area contributed by atoms with Crippen molar-refractivity contribution in [3.05, 3.63) is 58.1 Å². The van der Waals surface area contributed by atoms with E-state index in [-0.39, 0.29) is 23.8 Å². The highest BCUT2D eigenvalue weighted by Crippen LogP contribution is 2.61. The van der Waals surface area contributed by atoms with E-state index in [0.29, 0.717) is 17.3 Å². The number of para-hydroxylation sites is 1. The van der Waals surface area contributed by atoms with Crippen molar-refractivity contribution < 1.29 is 14.4 Å². The molecule has 3 fully saturated rings. The number of anilines is 2. The Balaban J connectivity index is 1.59. The van der Waals surface area contributed by atoms with E-state index in [0.717, 1.165) is 35.2 Å². The largest absolute Gasteiger partial charge is 0.324 e. The summed E-state index contributed by atoms with van der Waals surface area (Å²) in [7, 11) is 0. The predicted molar refractivity (Wildman–Crippen MR) is 117 cm³/mol. The van der Waals surface area contributed by atoms with E-state index in [1.165, 1.54) is 4.90 Å². The van der Waals surface area contributed by atoms with Crippen molar-refractivity contribution in [1.29, 1.82) is 0 Å². The average molecular weight is 436 g/mol. The molecule has 3 saturated heterocycles. The topological polar surface area (TPSA) is 69.7 Å². The van der Waals surface area contributed by atoms with Crippen LogP contribution in [0.2, 0.25) is 5.02 Å². The summed E-state index contributed by atoms with van der Waals surface area (Å²) in [6, 6.07) is 10.7. The maximum absolute atomic E-state index is 13.9. The number of carbonyl (C=O) groups excluding carboxylic acids is 3. The van der Waals surface area contributed by atoms with E-state index in [1.54, 1.807) is 24.3 Å². The number of imide groups is 1. The minimum absolute atomic E-state index is 0.132. The van der Waals surface area contributed by atoms with Gasteiger partial charge in [-0.1, -0.05) is 35.9 Å². The molecule has 4 aliphatic heterocycles. The molecule has 2 aromatic rings. The van der Waals surface area contributed by atoms with Gasteiger partial charge >= 0.3 is 0 Å². The maximum atomic E-state index is 13.9. The van der Waals surface area contributed by atoms with Crippen molar-refractivity contribution in [1.82, 2.24) is 4.90 Å². The number of amides is 3. The number of fused-ring (bicyclic) bond motifs is 7. The Kier molecular flexibility index (Phi) is 3.79. The molecule has 4 aliphatic rings. The summed E-state index contributed by atoms with van der Waals surface area (Å²) >= 11 is 6.37. The second-order valence-electron chi connectivity index (χ2n) is 9.02. The Morgan fingerprint density at radius 3 is 2.61 bits per heavy atom. The molecule has 6 nitrogen and oxygen atoms in total. The molecule has 0 unspecified atom stereocenters. The number of aryl methyl sites for hydroxylation is 1. The summed E-state index contributed by atoms with van der Waals surface area (Å²) < 4.78 is 0. The van der Waals surface area contributed by atoms with Crippen LogP contribution in [0.1, 0.15) is 29.5 Å². The standard InChI is InChI=1S/C24H22ClN3O3/c1-12-9-10-14-20(13(12)2)26-23(31)24(14)19-18(17-8-5-11-27(17)24)21(29)28(22(19)30)16-7-4-3-6-15(16)25/h3-4,6-7,9-10,17-19H,5,8,11H2,1-2H3,(H,26,31)/t17-,18-,19-,24-/m0/s1. The number of nitrogens with zero attached hydrogens (tertiary/aromatic N) is 2. The third kappa shape index (κ3) is 2.10. The van der Waals surface area contributed by atoms with Crippen molar-refractivity contribution in [2.24, 2.45) is 11.8 Å². The molecule has 1 spiro atoms. The lowest BCUT2D eigenvalue weighted by molar-refractivity contribution is -0.135. The van der Waals surface area contributed by atoms with Crippen LogP contribution in [-0.4, -0.2) is 35.2 Å². The van der Waals surface area contributed by atoms with Gasteiger partial charge in [0.25, 0.3) is 0 Å². The van der Waals surface area contributed by atoms with E-state index in [2.05, 4.69) is 10.2 Å². The fourth-order valence-electron chi connectivity index (χ4n) is 6.39. The smallest absolute Gasteiger partial charge is 0.250 e. The maximum Gasteiger partial charge on any atom is 0.250 e. The number of rotatable bonds is 1. The molecule has 1 N–H and O–H groups in total. The normalized spacial score (nSPS) is 31.4. The predicted octanol–water partition coefficient (Wildman–Crippen LogP) is 3.39. The van der Waals surface area contributed by atoms with E-state index in [1.807, 2.05) is 26.0 Å². The van der Waals surface area contributed by atoms with Crippen molar-refractivity contribution in [2.75, 3.05) is 16.8 Å². The van der Waals surface area contributed by atoms with Crippen LogP contribution in [0, 0.1) is 25.7 Å². The Bertz CT molecular complexity index is 1190. The van der Waals surface area contributed by atoms with Crippen molar-refractivity contribution in [3.63, 3.8) is 0 Å². The highest BCUT2D eigenvalue weighted by atomic mass is 35.5. The molecule has 31 heavy (non-hydrogen) atoms. The molecule has 158 valence electrons. The van der Waals surface area contributed by atoms with Gasteiger partial charge in [0.2, 0.25) is 17.7 Å². The zero-order valence-electron chi connectivity index (χ0n) is 17.3. The van der Waals surface area contributed by atoms with Gasteiger partial charge < -0.3 is 5.32 Å². The van der Waals surface area contributed by atoms with Crippen LogP contribution in [0.5, 0.6) is 0 Å². The molecule has 4 heterocycles. The van der Waals surface area contributed by atoms with Crippen LogP contribution < -0.4 is 10.2 Å². The zero-order valence-corrected chi connectivity index (χ0v) is 18.1. The Labute approximate surface area is 185 Å². The molecule has 3 amide bonds. The fourth-order valence-corrected chi connectivity index (χ4v) is 6.61. The van der Waals surface area contributed by atoms with Crippen LogP contribution in [-0.2, 0) is 19.9 Å². The van der Waals surface area contributed by atoms with Crippen molar-refractivity contribution in [2.45, 2.75) is 38.3 Å². The average Bonchev–Trinajstić information content (AvgIpc) is 3.45. The monoisotopic (exact) mass is 435 g/mol. The van der Waals surface area contributed by atoms with Crippen LogP contribution >= 0.6 is 11.6 Å². The lowest BCUT2D eigenvalue weighted by Crippen LogP contribution is -2.54. The Morgan fingerprint density at radius 1 is 1.06 bits per heavy atom. The number of carbonyl (C=O) groups is 3. The van der Waals surface area contributed by atoms with Gasteiger partial charge in [0.05, 0.1) is 22.5 Å². The van der Waals surface area contributed by atoms with Gasteiger partial charge in [0.1, 0.15) is 5.54 Å². The van der Waals surface area contributed by atoms with E-state index in [4.69, 9.17) is 11.6 Å². The number of benzene rings is 2. The molecule has 0 saturated carbocycles. The molecule has 6 rings (SSSR count). The first-order chi connectivity index (χ1) is 14.9. The highest BCUT2D eigenvalue weighted by molar-refractivity contribution is 6.36. The number of nitrogens with one attached hydrogen (secondary N) is 1. The van der Waals surface area contributed by atoms with E-state index in [9.17, 15) is 14.4 Å². The first kappa shape index (κ1) is 19.0. The second kappa shape index (κ2) is 6.17. The highest BCUT2D eigenvalue weighted by Gasteiger charge is 2.74. The molecule has 7 heteroatoms. The fraction of sp³-hybridized carbons (Fsp3) is 0.375. The van der Waals surface area contributed by atoms with Gasteiger partial charge in [0.15, 0.2) is 0 Å². The zero-order chi connectivity index (χ0) is 21.7. The molecule has 2 aromatic carbocycles. The summed E-state index contributed by atoms with van der Waals surface area (Å²) in [5.74, 6) is -2.09. The van der Waals surface area contributed by atoms with Gasteiger partial charge in [-0.15, -0.1) is 0 Å². The number of halogens is 1. The summed E-state index contributed by atoms with van der Waals surface area (Å²) in [5.41, 5.74) is 2.93. The van der Waals surface area contributed by atoms with Crippen LogP contribution in [0.3, 0.4) is 0 Å². The molecule has 0 aromatic heterocycles. The first-order valence-corrected chi connectivity index (χ1v) is 11.1. The lowest BCUT2D eigenvalue weighted by atomic mass is 9.75. The molecular weight excluding hydrogens is 414 g/mol. The van der Waals surface area contributed by atoms with Gasteiger partial charge in [-0.3, -0.25) is 19.3 Å². The Morgan fingerprint density at radius 2 is 1.84 bits per heavy atom. The second-order valence-corrected chi connectivity index (χ2v) is 9.43.